The van der Waals surface area contributed by atoms with Crippen LogP contribution in [-0.4, -0.2) is 55.6 Å². The lowest BCUT2D eigenvalue weighted by atomic mass is 10.0. The van der Waals surface area contributed by atoms with E-state index >= 15 is 0 Å². The molecule has 1 aromatic rings. The molecule has 21 heavy (non-hydrogen) atoms. The number of hydrogen-bond acceptors (Lipinski definition) is 3. The third kappa shape index (κ3) is 3.91. The van der Waals surface area contributed by atoms with Crippen molar-refractivity contribution in [2.75, 3.05) is 45.8 Å². The lowest BCUT2D eigenvalue weighted by Crippen LogP contribution is -2.47. The first-order valence-corrected chi connectivity index (χ1v) is 8.62. The average Bonchev–Trinajstić information content (AvgIpc) is 3.02. The van der Waals surface area contributed by atoms with Gasteiger partial charge in [0.1, 0.15) is 0 Å². The molecule has 3 rings (SSSR count). The molecule has 1 aromatic carbocycles. The van der Waals surface area contributed by atoms with Gasteiger partial charge in [-0.1, -0.05) is 29.3 Å². The Labute approximate surface area is 137 Å². The van der Waals surface area contributed by atoms with Crippen LogP contribution in [0.15, 0.2) is 18.2 Å². The summed E-state index contributed by atoms with van der Waals surface area (Å²) in [5, 5.41) is 4.73. The van der Waals surface area contributed by atoms with Crippen LogP contribution in [0.4, 0.5) is 0 Å². The van der Waals surface area contributed by atoms with E-state index in [1.165, 1.54) is 31.5 Å². The van der Waals surface area contributed by atoms with Gasteiger partial charge in [-0.05, 0) is 43.6 Å². The summed E-state index contributed by atoms with van der Waals surface area (Å²) in [6, 6.07) is 6.53. The van der Waals surface area contributed by atoms with Crippen molar-refractivity contribution in [2.45, 2.75) is 18.9 Å². The van der Waals surface area contributed by atoms with E-state index in [9.17, 15) is 0 Å². The maximum atomic E-state index is 6.24. The molecule has 0 radical (unpaired) electrons. The largest absolute Gasteiger partial charge is 0.314 e. The van der Waals surface area contributed by atoms with E-state index < -0.39 is 0 Å². The highest BCUT2D eigenvalue weighted by Gasteiger charge is 2.26. The van der Waals surface area contributed by atoms with E-state index in [1.807, 2.05) is 12.1 Å². The highest BCUT2D eigenvalue weighted by atomic mass is 35.5. The zero-order valence-electron chi connectivity index (χ0n) is 12.3. The van der Waals surface area contributed by atoms with Crippen molar-refractivity contribution < 1.29 is 0 Å². The van der Waals surface area contributed by atoms with Crippen molar-refractivity contribution in [3.05, 3.63) is 33.8 Å². The fourth-order valence-corrected chi connectivity index (χ4v) is 3.66. The predicted octanol–water partition coefficient (Wildman–Crippen LogP) is 3.04. The molecule has 2 saturated heterocycles. The molecule has 0 saturated carbocycles. The van der Waals surface area contributed by atoms with Crippen LogP contribution in [0.2, 0.25) is 10.0 Å². The summed E-state index contributed by atoms with van der Waals surface area (Å²) in [6.07, 6.45) is 2.66. The van der Waals surface area contributed by atoms with Gasteiger partial charge in [0.2, 0.25) is 0 Å². The molecule has 1 atom stereocenters. The summed E-state index contributed by atoms with van der Waals surface area (Å²) in [6.45, 7) is 7.87. The van der Waals surface area contributed by atoms with Crippen LogP contribution in [0.1, 0.15) is 24.4 Å². The van der Waals surface area contributed by atoms with Gasteiger partial charge in [-0.3, -0.25) is 4.90 Å². The van der Waals surface area contributed by atoms with E-state index in [0.29, 0.717) is 16.1 Å². The molecule has 2 aliphatic heterocycles. The van der Waals surface area contributed by atoms with Crippen molar-refractivity contribution in [3.8, 4) is 0 Å². The normalized spacial score (nSPS) is 22.6. The van der Waals surface area contributed by atoms with Crippen molar-refractivity contribution in [1.82, 2.24) is 15.1 Å². The van der Waals surface area contributed by atoms with Gasteiger partial charge in [0.25, 0.3) is 0 Å². The van der Waals surface area contributed by atoms with E-state index in [1.54, 1.807) is 0 Å². The molecule has 3 nitrogen and oxygen atoms in total. The SMILES string of the molecule is Clc1ccc(C(CN2CCCC2)N2CCNCC2)cc1Cl. The Morgan fingerprint density at radius 1 is 1.00 bits per heavy atom. The van der Waals surface area contributed by atoms with Gasteiger partial charge in [0.15, 0.2) is 0 Å². The van der Waals surface area contributed by atoms with E-state index in [2.05, 4.69) is 21.2 Å². The molecule has 0 spiro atoms. The number of likely N-dealkylation sites (tertiary alicyclic amines) is 1. The van der Waals surface area contributed by atoms with Gasteiger partial charge in [-0.2, -0.15) is 0 Å². The molecule has 0 amide bonds. The molecule has 0 aromatic heterocycles. The summed E-state index contributed by atoms with van der Waals surface area (Å²) < 4.78 is 0. The first-order valence-electron chi connectivity index (χ1n) is 7.86. The van der Waals surface area contributed by atoms with Gasteiger partial charge in [0.05, 0.1) is 10.0 Å². The highest BCUT2D eigenvalue weighted by Crippen LogP contribution is 2.30. The van der Waals surface area contributed by atoms with Crippen molar-refractivity contribution in [1.29, 1.82) is 0 Å². The van der Waals surface area contributed by atoms with Crippen molar-refractivity contribution in [2.24, 2.45) is 0 Å². The Morgan fingerprint density at radius 3 is 2.38 bits per heavy atom. The number of piperazine rings is 1. The van der Waals surface area contributed by atoms with Gasteiger partial charge in [-0.15, -0.1) is 0 Å². The number of hydrogen-bond donors (Lipinski definition) is 1. The minimum absolute atomic E-state index is 0.417. The number of nitrogens with one attached hydrogen (secondary N) is 1. The van der Waals surface area contributed by atoms with E-state index in [0.717, 1.165) is 32.7 Å². The molecule has 2 fully saturated rings. The predicted molar refractivity (Wildman–Crippen MR) is 89.3 cm³/mol. The number of rotatable bonds is 4. The zero-order valence-corrected chi connectivity index (χ0v) is 13.8. The fraction of sp³-hybridized carbons (Fsp3) is 0.625. The first kappa shape index (κ1) is 15.6. The summed E-state index contributed by atoms with van der Waals surface area (Å²) in [4.78, 5) is 5.16. The molecular weight excluding hydrogens is 305 g/mol. The molecule has 0 aliphatic carbocycles. The van der Waals surface area contributed by atoms with Crippen LogP contribution in [0.5, 0.6) is 0 Å². The zero-order chi connectivity index (χ0) is 14.7. The second kappa shape index (κ2) is 7.30. The minimum atomic E-state index is 0.417. The second-order valence-corrected chi connectivity index (χ2v) is 6.80. The smallest absolute Gasteiger partial charge is 0.0595 e. The Kier molecular flexibility index (Phi) is 5.41. The standard InChI is InChI=1S/C16H23Cl2N3/c17-14-4-3-13(11-15(14)18)16(12-20-7-1-2-8-20)21-9-5-19-6-10-21/h3-4,11,16,19H,1-2,5-10,12H2. The first-order chi connectivity index (χ1) is 10.2. The molecule has 5 heteroatoms. The van der Waals surface area contributed by atoms with Crippen LogP contribution in [0.3, 0.4) is 0 Å². The van der Waals surface area contributed by atoms with Gasteiger partial charge in [-0.25, -0.2) is 0 Å². The maximum Gasteiger partial charge on any atom is 0.0595 e. The van der Waals surface area contributed by atoms with Crippen LogP contribution in [0, 0.1) is 0 Å². The van der Waals surface area contributed by atoms with E-state index in [-0.39, 0.29) is 0 Å². The molecule has 2 heterocycles. The lowest BCUT2D eigenvalue weighted by molar-refractivity contribution is 0.135. The van der Waals surface area contributed by atoms with Crippen molar-refractivity contribution >= 4 is 23.2 Å². The monoisotopic (exact) mass is 327 g/mol. The Bertz CT molecular complexity index is 469. The van der Waals surface area contributed by atoms with Crippen LogP contribution >= 0.6 is 23.2 Å². The second-order valence-electron chi connectivity index (χ2n) is 5.98. The average molecular weight is 328 g/mol. The highest BCUT2D eigenvalue weighted by molar-refractivity contribution is 6.42. The van der Waals surface area contributed by atoms with Crippen LogP contribution < -0.4 is 5.32 Å². The molecule has 2 aliphatic rings. The number of halogens is 2. The third-order valence-electron chi connectivity index (χ3n) is 4.55. The number of benzene rings is 1. The number of nitrogens with zero attached hydrogens (tertiary/aromatic N) is 2. The van der Waals surface area contributed by atoms with Crippen molar-refractivity contribution in [3.63, 3.8) is 0 Å². The molecular formula is C16H23Cl2N3. The van der Waals surface area contributed by atoms with Gasteiger partial charge in [0, 0.05) is 38.8 Å². The minimum Gasteiger partial charge on any atom is -0.314 e. The topological polar surface area (TPSA) is 18.5 Å². The fourth-order valence-electron chi connectivity index (χ4n) is 3.35. The van der Waals surface area contributed by atoms with Crippen LogP contribution in [-0.2, 0) is 0 Å². The van der Waals surface area contributed by atoms with Crippen LogP contribution in [0.25, 0.3) is 0 Å². The summed E-state index contributed by atoms with van der Waals surface area (Å²) in [5.74, 6) is 0. The third-order valence-corrected chi connectivity index (χ3v) is 5.29. The molecule has 1 unspecified atom stereocenters. The molecule has 1 N–H and O–H groups in total. The quantitative estimate of drug-likeness (QED) is 0.917. The van der Waals surface area contributed by atoms with E-state index in [4.69, 9.17) is 23.2 Å². The Hall–Kier alpha value is -0.320. The lowest BCUT2D eigenvalue weighted by Gasteiger charge is -2.37. The molecule has 116 valence electrons. The Morgan fingerprint density at radius 2 is 1.71 bits per heavy atom. The summed E-state index contributed by atoms with van der Waals surface area (Å²) >= 11 is 12.3. The maximum absolute atomic E-state index is 6.24. The Balaban J connectivity index is 1.80. The van der Waals surface area contributed by atoms with Gasteiger partial charge >= 0.3 is 0 Å². The summed E-state index contributed by atoms with van der Waals surface area (Å²) in [5.41, 5.74) is 1.29. The van der Waals surface area contributed by atoms with Gasteiger partial charge < -0.3 is 10.2 Å². The molecule has 0 bridgehead atoms. The summed E-state index contributed by atoms with van der Waals surface area (Å²) in [7, 11) is 0.